The first-order chi connectivity index (χ1) is 17.2. The minimum Gasteiger partial charge on any atom is -0.378 e. The van der Waals surface area contributed by atoms with Crippen molar-refractivity contribution in [2.24, 2.45) is 5.10 Å². The van der Waals surface area contributed by atoms with Crippen LogP contribution in [0.5, 0.6) is 0 Å². The molecule has 0 atom stereocenters. The van der Waals surface area contributed by atoms with Crippen LogP contribution < -0.4 is 15.2 Å². The van der Waals surface area contributed by atoms with Crippen molar-refractivity contribution in [3.8, 4) is 5.69 Å². The lowest BCUT2D eigenvalue weighted by atomic mass is 10.3. The first kappa shape index (κ1) is 22.7. The molecule has 2 fully saturated rings. The van der Waals surface area contributed by atoms with E-state index < -0.39 is 4.92 Å². The molecule has 2 aliphatic heterocycles. The van der Waals surface area contributed by atoms with Gasteiger partial charge in [-0.2, -0.15) is 20.1 Å². The molecule has 4 heterocycles. The molecule has 0 aliphatic carbocycles. The fourth-order valence-electron chi connectivity index (χ4n) is 3.84. The average molecular weight is 480 g/mol. The lowest BCUT2D eigenvalue weighted by Crippen LogP contribution is -2.40. The maximum atomic E-state index is 10.9. The molecule has 3 aromatic rings. The van der Waals surface area contributed by atoms with E-state index in [-0.39, 0.29) is 5.69 Å². The number of nitro groups is 1. The van der Waals surface area contributed by atoms with Crippen molar-refractivity contribution in [2.45, 2.75) is 0 Å². The summed E-state index contributed by atoms with van der Waals surface area (Å²) < 4.78 is 12.8. The van der Waals surface area contributed by atoms with E-state index in [2.05, 4.69) is 35.3 Å². The maximum absolute atomic E-state index is 10.9. The molecule has 182 valence electrons. The minimum absolute atomic E-state index is 0.0415. The molecule has 0 bridgehead atoms. The summed E-state index contributed by atoms with van der Waals surface area (Å²) in [6.45, 7) is 5.32. The first-order valence-electron chi connectivity index (χ1n) is 11.3. The molecular formula is C22H25N9O4. The van der Waals surface area contributed by atoms with Crippen molar-refractivity contribution in [3.63, 3.8) is 0 Å². The van der Waals surface area contributed by atoms with Gasteiger partial charge in [0.05, 0.1) is 43.3 Å². The van der Waals surface area contributed by atoms with Gasteiger partial charge in [0.2, 0.25) is 17.8 Å². The Labute approximate surface area is 201 Å². The summed E-state index contributed by atoms with van der Waals surface area (Å²) in [4.78, 5) is 28.5. The molecule has 0 radical (unpaired) electrons. The Morgan fingerprint density at radius 3 is 2.09 bits per heavy atom. The van der Waals surface area contributed by atoms with Crippen LogP contribution >= 0.6 is 0 Å². The van der Waals surface area contributed by atoms with Crippen LogP contribution in [-0.2, 0) is 9.47 Å². The molecule has 5 rings (SSSR count). The second-order valence-electron chi connectivity index (χ2n) is 7.90. The fraction of sp³-hybridized carbons (Fsp3) is 0.364. The number of ether oxygens (including phenoxy) is 2. The number of nitro benzene ring substituents is 1. The summed E-state index contributed by atoms with van der Waals surface area (Å²) in [5.74, 6) is 1.50. The van der Waals surface area contributed by atoms with E-state index in [1.54, 1.807) is 18.3 Å². The van der Waals surface area contributed by atoms with Gasteiger partial charge >= 0.3 is 0 Å². The topological polar surface area (TPSA) is 136 Å². The molecule has 0 unspecified atom stereocenters. The third-order valence-corrected chi connectivity index (χ3v) is 5.68. The Morgan fingerprint density at radius 1 is 0.914 bits per heavy atom. The predicted molar refractivity (Wildman–Crippen MR) is 130 cm³/mol. The number of rotatable bonds is 7. The van der Waals surface area contributed by atoms with Gasteiger partial charge in [0.1, 0.15) is 0 Å². The Morgan fingerprint density at radius 2 is 1.51 bits per heavy atom. The van der Waals surface area contributed by atoms with Gasteiger partial charge in [-0.15, -0.1) is 0 Å². The normalized spacial score (nSPS) is 16.6. The van der Waals surface area contributed by atoms with Gasteiger partial charge in [0.15, 0.2) is 0 Å². The summed E-state index contributed by atoms with van der Waals surface area (Å²) in [6, 6.07) is 10.1. The smallest absolute Gasteiger partial charge is 0.269 e. The van der Waals surface area contributed by atoms with Crippen LogP contribution in [0.4, 0.5) is 23.5 Å². The Hall–Kier alpha value is -4.10. The summed E-state index contributed by atoms with van der Waals surface area (Å²) in [5, 5.41) is 15.3. The van der Waals surface area contributed by atoms with Crippen molar-refractivity contribution in [2.75, 3.05) is 67.8 Å². The number of non-ortho nitro benzene ring substituents is 1. The highest BCUT2D eigenvalue weighted by atomic mass is 16.6. The van der Waals surface area contributed by atoms with E-state index >= 15 is 0 Å². The van der Waals surface area contributed by atoms with Crippen LogP contribution in [0.1, 0.15) is 5.69 Å². The molecule has 35 heavy (non-hydrogen) atoms. The van der Waals surface area contributed by atoms with Gasteiger partial charge < -0.3 is 23.8 Å². The molecule has 0 spiro atoms. The molecule has 13 heteroatoms. The minimum atomic E-state index is -0.420. The zero-order valence-corrected chi connectivity index (χ0v) is 19.0. The molecular weight excluding hydrogens is 454 g/mol. The number of hydrazone groups is 1. The van der Waals surface area contributed by atoms with Crippen LogP contribution in [0.25, 0.3) is 5.69 Å². The van der Waals surface area contributed by atoms with Gasteiger partial charge in [-0.25, -0.2) is 5.43 Å². The third-order valence-electron chi connectivity index (χ3n) is 5.68. The van der Waals surface area contributed by atoms with E-state index in [4.69, 9.17) is 9.47 Å². The highest BCUT2D eigenvalue weighted by Crippen LogP contribution is 2.19. The van der Waals surface area contributed by atoms with Gasteiger partial charge in [-0.1, -0.05) is 0 Å². The second-order valence-corrected chi connectivity index (χ2v) is 7.90. The average Bonchev–Trinajstić information content (AvgIpc) is 3.38. The Kier molecular flexibility index (Phi) is 6.77. The van der Waals surface area contributed by atoms with Crippen LogP contribution in [0, 0.1) is 10.1 Å². The van der Waals surface area contributed by atoms with Gasteiger partial charge in [-0.05, 0) is 24.3 Å². The molecule has 2 aliphatic rings. The van der Waals surface area contributed by atoms with Crippen molar-refractivity contribution < 1.29 is 14.4 Å². The van der Waals surface area contributed by atoms with E-state index in [0.29, 0.717) is 70.5 Å². The zero-order valence-electron chi connectivity index (χ0n) is 19.0. The maximum Gasteiger partial charge on any atom is 0.269 e. The van der Waals surface area contributed by atoms with E-state index in [0.717, 1.165) is 11.4 Å². The van der Waals surface area contributed by atoms with Gasteiger partial charge in [0, 0.05) is 50.2 Å². The Balaban J connectivity index is 1.36. The molecule has 0 saturated carbocycles. The van der Waals surface area contributed by atoms with Crippen molar-refractivity contribution in [3.05, 3.63) is 58.4 Å². The Bertz CT molecular complexity index is 1150. The standard InChI is InChI=1S/C22H25N9O4/c32-31(33)18-5-3-17(4-6-18)30-7-1-2-19(30)16-23-27-20-24-21(28-8-12-34-13-9-28)26-22(25-20)29-10-14-35-15-11-29/h1-7,16H,8-15H2,(H,24,25,26,27). The predicted octanol–water partition coefficient (Wildman–Crippen LogP) is 1.69. The zero-order chi connectivity index (χ0) is 24.0. The monoisotopic (exact) mass is 479 g/mol. The lowest BCUT2D eigenvalue weighted by molar-refractivity contribution is -0.384. The summed E-state index contributed by atoms with van der Waals surface area (Å²) in [7, 11) is 0. The quantitative estimate of drug-likeness (QED) is 0.303. The van der Waals surface area contributed by atoms with Crippen molar-refractivity contribution in [1.82, 2.24) is 19.5 Å². The third kappa shape index (κ3) is 5.36. The number of hydrogen-bond donors (Lipinski definition) is 1. The number of benzene rings is 1. The second kappa shape index (κ2) is 10.4. The lowest BCUT2D eigenvalue weighted by Gasteiger charge is -2.30. The number of aromatic nitrogens is 4. The fourth-order valence-corrected chi connectivity index (χ4v) is 3.84. The highest BCUT2D eigenvalue weighted by molar-refractivity contribution is 5.79. The number of nitrogens with one attached hydrogen (secondary N) is 1. The van der Waals surface area contributed by atoms with Gasteiger partial charge in [-0.3, -0.25) is 10.1 Å². The number of anilines is 3. The summed E-state index contributed by atoms with van der Waals surface area (Å²) >= 11 is 0. The van der Waals surface area contributed by atoms with Crippen LogP contribution in [0.2, 0.25) is 0 Å². The highest BCUT2D eigenvalue weighted by Gasteiger charge is 2.20. The molecule has 2 aromatic heterocycles. The van der Waals surface area contributed by atoms with E-state index in [1.807, 2.05) is 22.9 Å². The van der Waals surface area contributed by atoms with Crippen LogP contribution in [0.15, 0.2) is 47.7 Å². The first-order valence-corrected chi connectivity index (χ1v) is 11.3. The number of morpholine rings is 2. The van der Waals surface area contributed by atoms with Crippen molar-refractivity contribution >= 4 is 29.7 Å². The molecule has 1 N–H and O–H groups in total. The number of nitrogens with zero attached hydrogens (tertiary/aromatic N) is 8. The van der Waals surface area contributed by atoms with Crippen LogP contribution in [0.3, 0.4) is 0 Å². The van der Waals surface area contributed by atoms with E-state index in [9.17, 15) is 10.1 Å². The molecule has 1 aromatic carbocycles. The van der Waals surface area contributed by atoms with Crippen LogP contribution in [-0.4, -0.2) is 83.3 Å². The van der Waals surface area contributed by atoms with Gasteiger partial charge in [0.25, 0.3) is 5.69 Å². The van der Waals surface area contributed by atoms with Crippen molar-refractivity contribution in [1.29, 1.82) is 0 Å². The largest absolute Gasteiger partial charge is 0.378 e. The molecule has 0 amide bonds. The summed E-state index contributed by atoms with van der Waals surface area (Å²) in [6.07, 6.45) is 3.51. The molecule has 13 nitrogen and oxygen atoms in total. The van der Waals surface area contributed by atoms with E-state index in [1.165, 1.54) is 12.1 Å². The molecule has 2 saturated heterocycles. The number of hydrogen-bond acceptors (Lipinski definition) is 11. The summed E-state index contributed by atoms with van der Waals surface area (Å²) in [5.41, 5.74) is 4.54. The SMILES string of the molecule is O=[N+]([O-])c1ccc(-n2cccc2C=NNc2nc(N3CCOCC3)nc(N3CCOCC3)n2)cc1.